The summed E-state index contributed by atoms with van der Waals surface area (Å²) < 4.78 is 54.0. The zero-order chi connectivity index (χ0) is 21.8. The van der Waals surface area contributed by atoms with E-state index < -0.39 is 12.2 Å². The second kappa shape index (κ2) is 7.50. The Morgan fingerprint density at radius 2 is 2.00 bits per heavy atom. The standard InChI is InChI=1S/C19H23F3N6O3/c1-11-10-30-7-6-26(11)14-8-16(29)27-5-4-13(19(20,21)22)28(18(27)23-14)9-15-24-25-17(31-15)12-2-3-12/h8,11-13H,2-7,9-10H2,1H3/t11-,13+/m1/s1. The number of hydrogen-bond donors (Lipinski definition) is 0. The molecule has 0 unspecified atom stereocenters. The minimum Gasteiger partial charge on any atom is -0.423 e. The molecule has 1 aliphatic carbocycles. The van der Waals surface area contributed by atoms with Crippen molar-refractivity contribution >= 4 is 11.8 Å². The van der Waals surface area contributed by atoms with Gasteiger partial charge in [0.05, 0.1) is 25.8 Å². The summed E-state index contributed by atoms with van der Waals surface area (Å²) in [5.74, 6) is 1.06. The topological polar surface area (TPSA) is 89.5 Å². The molecule has 4 heterocycles. The first kappa shape index (κ1) is 20.3. The summed E-state index contributed by atoms with van der Waals surface area (Å²) in [7, 11) is 0. The maximum absolute atomic E-state index is 13.9. The van der Waals surface area contributed by atoms with Gasteiger partial charge in [-0.15, -0.1) is 10.2 Å². The Kier molecular flexibility index (Phi) is 4.91. The number of alkyl halides is 3. The molecule has 3 aliphatic rings. The Balaban J connectivity index is 1.54. The molecule has 12 heteroatoms. The van der Waals surface area contributed by atoms with Crippen molar-refractivity contribution < 1.29 is 22.3 Å². The number of halogens is 3. The molecule has 0 radical (unpaired) electrons. The average Bonchev–Trinajstić information content (AvgIpc) is 3.47. The van der Waals surface area contributed by atoms with Gasteiger partial charge < -0.3 is 19.0 Å². The third-order valence-corrected chi connectivity index (χ3v) is 5.99. The lowest BCUT2D eigenvalue weighted by molar-refractivity contribution is -0.153. The van der Waals surface area contributed by atoms with Crippen LogP contribution in [0.25, 0.3) is 0 Å². The summed E-state index contributed by atoms with van der Waals surface area (Å²) in [5.41, 5.74) is -0.381. The molecule has 2 aromatic heterocycles. The predicted molar refractivity (Wildman–Crippen MR) is 103 cm³/mol. The molecular formula is C19H23F3N6O3. The fourth-order valence-electron chi connectivity index (χ4n) is 4.17. The lowest BCUT2D eigenvalue weighted by Crippen LogP contribution is -2.52. The quantitative estimate of drug-likeness (QED) is 0.714. The van der Waals surface area contributed by atoms with Gasteiger partial charge in [-0.05, 0) is 26.2 Å². The van der Waals surface area contributed by atoms with E-state index in [4.69, 9.17) is 9.15 Å². The van der Waals surface area contributed by atoms with Gasteiger partial charge in [0.25, 0.3) is 5.56 Å². The van der Waals surface area contributed by atoms with Crippen molar-refractivity contribution in [2.24, 2.45) is 0 Å². The van der Waals surface area contributed by atoms with Crippen LogP contribution in [0.5, 0.6) is 0 Å². The van der Waals surface area contributed by atoms with Gasteiger partial charge in [-0.3, -0.25) is 9.36 Å². The number of fused-ring (bicyclic) bond motifs is 1. The molecule has 168 valence electrons. The number of aromatic nitrogens is 4. The van der Waals surface area contributed by atoms with Gasteiger partial charge in [0, 0.05) is 25.1 Å². The molecule has 5 rings (SSSR count). The highest BCUT2D eigenvalue weighted by atomic mass is 19.4. The third kappa shape index (κ3) is 3.88. The summed E-state index contributed by atoms with van der Waals surface area (Å²) >= 11 is 0. The van der Waals surface area contributed by atoms with Crippen LogP contribution in [0.3, 0.4) is 0 Å². The van der Waals surface area contributed by atoms with Crippen LogP contribution in [0.1, 0.15) is 43.9 Å². The highest BCUT2D eigenvalue weighted by molar-refractivity contribution is 5.47. The van der Waals surface area contributed by atoms with Crippen LogP contribution in [0, 0.1) is 0 Å². The minimum absolute atomic E-state index is 0.0269. The molecule has 2 atom stereocenters. The Labute approximate surface area is 175 Å². The Hall–Kier alpha value is -2.63. The Morgan fingerprint density at radius 3 is 2.71 bits per heavy atom. The smallest absolute Gasteiger partial charge is 0.408 e. The second-order valence-corrected chi connectivity index (χ2v) is 8.30. The van der Waals surface area contributed by atoms with Crippen molar-refractivity contribution in [1.29, 1.82) is 0 Å². The van der Waals surface area contributed by atoms with E-state index in [1.165, 1.54) is 10.6 Å². The number of morpholine rings is 1. The van der Waals surface area contributed by atoms with E-state index in [2.05, 4.69) is 15.2 Å². The van der Waals surface area contributed by atoms with Crippen LogP contribution in [0.4, 0.5) is 24.9 Å². The predicted octanol–water partition coefficient (Wildman–Crippen LogP) is 2.07. The minimum atomic E-state index is -4.50. The van der Waals surface area contributed by atoms with E-state index in [9.17, 15) is 18.0 Å². The highest BCUT2D eigenvalue weighted by Gasteiger charge is 2.47. The van der Waals surface area contributed by atoms with Gasteiger partial charge in [-0.25, -0.2) is 0 Å². The normalized spacial score (nSPS) is 24.4. The van der Waals surface area contributed by atoms with Crippen molar-refractivity contribution in [3.63, 3.8) is 0 Å². The molecule has 9 nitrogen and oxygen atoms in total. The maximum atomic E-state index is 13.9. The molecule has 2 fully saturated rings. The number of rotatable bonds is 4. The van der Waals surface area contributed by atoms with E-state index in [1.54, 1.807) is 0 Å². The molecule has 31 heavy (non-hydrogen) atoms. The van der Waals surface area contributed by atoms with E-state index in [1.807, 2.05) is 11.8 Å². The maximum Gasteiger partial charge on any atom is 0.408 e. The van der Waals surface area contributed by atoms with Gasteiger partial charge in [-0.2, -0.15) is 18.2 Å². The molecule has 0 amide bonds. The third-order valence-electron chi connectivity index (χ3n) is 5.99. The van der Waals surface area contributed by atoms with Crippen molar-refractivity contribution in [2.75, 3.05) is 29.6 Å². The summed E-state index contributed by atoms with van der Waals surface area (Å²) in [6.45, 7) is 3.03. The zero-order valence-corrected chi connectivity index (χ0v) is 17.0. The van der Waals surface area contributed by atoms with Crippen LogP contribution < -0.4 is 15.4 Å². The number of ether oxygens (including phenoxy) is 1. The molecule has 2 aromatic rings. The Bertz CT molecular complexity index is 1020. The van der Waals surface area contributed by atoms with Crippen LogP contribution in [-0.2, 0) is 17.8 Å². The first-order valence-electron chi connectivity index (χ1n) is 10.4. The van der Waals surface area contributed by atoms with Gasteiger partial charge >= 0.3 is 6.18 Å². The summed E-state index contributed by atoms with van der Waals surface area (Å²) in [5, 5.41) is 7.91. The molecule has 0 aromatic carbocycles. The molecule has 0 spiro atoms. The molecule has 1 saturated heterocycles. The fourth-order valence-corrected chi connectivity index (χ4v) is 4.17. The summed E-state index contributed by atoms with van der Waals surface area (Å²) in [6, 6.07) is -0.459. The van der Waals surface area contributed by atoms with Gasteiger partial charge in [-0.1, -0.05) is 0 Å². The van der Waals surface area contributed by atoms with Crippen LogP contribution in [0.15, 0.2) is 15.3 Å². The molecule has 0 bridgehead atoms. The largest absolute Gasteiger partial charge is 0.423 e. The first-order valence-corrected chi connectivity index (χ1v) is 10.4. The van der Waals surface area contributed by atoms with Crippen LogP contribution in [-0.4, -0.2) is 57.8 Å². The van der Waals surface area contributed by atoms with Crippen molar-refractivity contribution in [3.05, 3.63) is 28.2 Å². The van der Waals surface area contributed by atoms with E-state index >= 15 is 0 Å². The second-order valence-electron chi connectivity index (χ2n) is 8.30. The lowest BCUT2D eigenvalue weighted by Gasteiger charge is -2.39. The zero-order valence-electron chi connectivity index (χ0n) is 17.0. The first-order chi connectivity index (χ1) is 14.8. The molecular weight excluding hydrogens is 417 g/mol. The molecule has 0 N–H and O–H groups in total. The van der Waals surface area contributed by atoms with Crippen LogP contribution >= 0.6 is 0 Å². The number of hydrogen-bond acceptors (Lipinski definition) is 8. The SMILES string of the molecule is C[C@@H]1COCCN1c1cc(=O)n2c(n1)N(Cc1nnc(C3CC3)o1)[C@H](C(F)(F)F)CC2. The van der Waals surface area contributed by atoms with Gasteiger partial charge in [0.15, 0.2) is 0 Å². The van der Waals surface area contributed by atoms with E-state index in [0.717, 1.165) is 17.7 Å². The van der Waals surface area contributed by atoms with Crippen molar-refractivity contribution in [3.8, 4) is 0 Å². The van der Waals surface area contributed by atoms with Crippen molar-refractivity contribution in [2.45, 2.75) is 63.5 Å². The number of anilines is 2. The monoisotopic (exact) mass is 440 g/mol. The lowest BCUT2D eigenvalue weighted by atomic mass is 10.1. The van der Waals surface area contributed by atoms with Gasteiger partial charge in [0.1, 0.15) is 11.9 Å². The highest BCUT2D eigenvalue weighted by Crippen LogP contribution is 2.40. The molecule has 1 saturated carbocycles. The molecule has 2 aliphatic heterocycles. The van der Waals surface area contributed by atoms with E-state index in [-0.39, 0.29) is 48.9 Å². The Morgan fingerprint density at radius 1 is 1.19 bits per heavy atom. The van der Waals surface area contributed by atoms with Gasteiger partial charge in [0.2, 0.25) is 17.7 Å². The summed E-state index contributed by atoms with van der Waals surface area (Å²) in [6.07, 6.45) is -2.87. The van der Waals surface area contributed by atoms with Crippen molar-refractivity contribution in [1.82, 2.24) is 19.7 Å². The number of nitrogens with zero attached hydrogens (tertiary/aromatic N) is 6. The summed E-state index contributed by atoms with van der Waals surface area (Å²) in [4.78, 5) is 20.3. The van der Waals surface area contributed by atoms with Crippen LogP contribution in [0.2, 0.25) is 0 Å². The fraction of sp³-hybridized carbons (Fsp3) is 0.684. The van der Waals surface area contributed by atoms with E-state index in [0.29, 0.717) is 31.5 Å². The average molecular weight is 440 g/mol.